The zero-order valence-electron chi connectivity index (χ0n) is 18.8. The highest BCUT2D eigenvalue weighted by molar-refractivity contribution is 7.98. The zero-order valence-corrected chi connectivity index (χ0v) is 19.6. The second-order valence-electron chi connectivity index (χ2n) is 8.89. The van der Waals surface area contributed by atoms with Crippen molar-refractivity contribution in [1.29, 1.82) is 0 Å². The van der Waals surface area contributed by atoms with E-state index in [0.717, 1.165) is 18.4 Å². The molecule has 0 bridgehead atoms. The van der Waals surface area contributed by atoms with E-state index in [1.165, 1.54) is 23.9 Å². The highest BCUT2D eigenvalue weighted by Crippen LogP contribution is 2.27. The molecule has 3 rings (SSSR count). The number of hydrogen-bond acceptors (Lipinski definition) is 5. The minimum Gasteiger partial charge on any atom is -0.444 e. The molecule has 1 aliphatic heterocycles. The number of amides is 2. The molecule has 2 amide bonds. The van der Waals surface area contributed by atoms with Gasteiger partial charge in [0.1, 0.15) is 16.4 Å². The van der Waals surface area contributed by atoms with E-state index in [4.69, 9.17) is 4.74 Å². The van der Waals surface area contributed by atoms with Crippen LogP contribution in [0.1, 0.15) is 49.5 Å². The molecule has 0 radical (unpaired) electrons. The van der Waals surface area contributed by atoms with Gasteiger partial charge in [-0.15, -0.1) is 11.8 Å². The van der Waals surface area contributed by atoms with Crippen LogP contribution >= 0.6 is 11.8 Å². The lowest BCUT2D eigenvalue weighted by Crippen LogP contribution is -2.42. The van der Waals surface area contributed by atoms with E-state index in [-0.39, 0.29) is 11.7 Å². The maximum absolute atomic E-state index is 13.1. The van der Waals surface area contributed by atoms with Crippen molar-refractivity contribution >= 4 is 23.8 Å². The number of thioether (sulfide) groups is 1. The molecule has 32 heavy (non-hydrogen) atoms. The summed E-state index contributed by atoms with van der Waals surface area (Å²) in [5, 5.41) is 3.50. The topological polar surface area (TPSA) is 71.5 Å². The Morgan fingerprint density at radius 1 is 1.19 bits per heavy atom. The molecule has 172 valence electrons. The number of alkyl carbamates (subject to hydrolysis) is 1. The first kappa shape index (κ1) is 24.0. The summed E-state index contributed by atoms with van der Waals surface area (Å²) in [6.45, 7) is 7.32. The Balaban J connectivity index is 1.51. The number of rotatable bonds is 6. The van der Waals surface area contributed by atoms with Crippen molar-refractivity contribution in [1.82, 2.24) is 15.2 Å². The van der Waals surface area contributed by atoms with Gasteiger partial charge in [0.2, 0.25) is 0 Å². The van der Waals surface area contributed by atoms with Gasteiger partial charge in [0, 0.05) is 31.6 Å². The van der Waals surface area contributed by atoms with E-state index in [1.54, 1.807) is 30.5 Å². The van der Waals surface area contributed by atoms with Crippen molar-refractivity contribution in [2.24, 2.45) is 5.92 Å². The standard InChI is InChI=1S/C24H30FN3O3S/c1-24(2,3)31-23(30)27-15-17-10-13-28(14-11-17)22(29)20-5-4-12-26-21(20)32-16-18-6-8-19(25)9-7-18/h4-9,12,17H,10-11,13-16H2,1-3H3,(H,27,30). The van der Waals surface area contributed by atoms with Crippen LogP contribution in [0.4, 0.5) is 9.18 Å². The van der Waals surface area contributed by atoms with E-state index in [0.29, 0.717) is 41.9 Å². The van der Waals surface area contributed by atoms with Crippen LogP contribution in [0.25, 0.3) is 0 Å². The van der Waals surface area contributed by atoms with E-state index in [2.05, 4.69) is 10.3 Å². The fourth-order valence-electron chi connectivity index (χ4n) is 3.45. The first-order valence-corrected chi connectivity index (χ1v) is 11.8. The van der Waals surface area contributed by atoms with Gasteiger partial charge in [-0.2, -0.15) is 0 Å². The fourth-order valence-corrected chi connectivity index (χ4v) is 4.40. The highest BCUT2D eigenvalue weighted by atomic mass is 32.2. The number of halogens is 1. The Kier molecular flexibility index (Phi) is 8.12. The molecule has 1 saturated heterocycles. The second-order valence-corrected chi connectivity index (χ2v) is 9.85. The third-order valence-electron chi connectivity index (χ3n) is 5.13. The van der Waals surface area contributed by atoms with E-state index < -0.39 is 11.7 Å². The number of aromatic nitrogens is 1. The number of carbonyl (C=O) groups is 2. The largest absolute Gasteiger partial charge is 0.444 e. The number of hydrogen-bond donors (Lipinski definition) is 1. The molecule has 0 atom stereocenters. The highest BCUT2D eigenvalue weighted by Gasteiger charge is 2.26. The van der Waals surface area contributed by atoms with Gasteiger partial charge in [0.15, 0.2) is 0 Å². The molecule has 1 aliphatic rings. The molecule has 0 saturated carbocycles. The Labute approximate surface area is 192 Å². The molecular weight excluding hydrogens is 429 g/mol. The predicted octanol–water partition coefficient (Wildman–Crippen LogP) is 4.89. The number of nitrogens with one attached hydrogen (secondary N) is 1. The van der Waals surface area contributed by atoms with Crippen molar-refractivity contribution in [3.8, 4) is 0 Å². The quantitative estimate of drug-likeness (QED) is 0.623. The average Bonchev–Trinajstić information content (AvgIpc) is 2.76. The third-order valence-corrected chi connectivity index (χ3v) is 6.20. The van der Waals surface area contributed by atoms with E-state index in [1.807, 2.05) is 25.7 Å². The van der Waals surface area contributed by atoms with Crippen LogP contribution in [-0.4, -0.2) is 47.1 Å². The van der Waals surface area contributed by atoms with Crippen LogP contribution in [0.5, 0.6) is 0 Å². The summed E-state index contributed by atoms with van der Waals surface area (Å²) in [6, 6.07) is 9.92. The molecule has 2 heterocycles. The van der Waals surface area contributed by atoms with Crippen molar-refractivity contribution in [3.63, 3.8) is 0 Å². The number of nitrogens with zero attached hydrogens (tertiary/aromatic N) is 2. The van der Waals surface area contributed by atoms with Crippen LogP contribution in [0.15, 0.2) is 47.6 Å². The van der Waals surface area contributed by atoms with Gasteiger partial charge in [0.05, 0.1) is 5.56 Å². The van der Waals surface area contributed by atoms with Crippen molar-refractivity contribution < 1.29 is 18.7 Å². The number of ether oxygens (including phenoxy) is 1. The molecule has 1 aromatic carbocycles. The molecule has 8 heteroatoms. The number of pyridine rings is 1. The molecule has 1 N–H and O–H groups in total. The summed E-state index contributed by atoms with van der Waals surface area (Å²) in [5.74, 6) is 0.624. The molecule has 0 unspecified atom stereocenters. The number of benzene rings is 1. The lowest BCUT2D eigenvalue weighted by atomic mass is 9.96. The molecule has 1 aromatic heterocycles. The van der Waals surface area contributed by atoms with Crippen LogP contribution < -0.4 is 5.32 Å². The summed E-state index contributed by atoms with van der Waals surface area (Å²) < 4.78 is 18.4. The molecular formula is C24H30FN3O3S. The van der Waals surface area contributed by atoms with E-state index >= 15 is 0 Å². The van der Waals surface area contributed by atoms with Gasteiger partial charge >= 0.3 is 6.09 Å². The summed E-state index contributed by atoms with van der Waals surface area (Å²) in [5.41, 5.74) is 1.04. The predicted molar refractivity (Wildman–Crippen MR) is 123 cm³/mol. The van der Waals surface area contributed by atoms with Crippen LogP contribution in [-0.2, 0) is 10.5 Å². The SMILES string of the molecule is CC(C)(C)OC(=O)NCC1CCN(C(=O)c2cccnc2SCc2ccc(F)cc2)CC1. The summed E-state index contributed by atoms with van der Waals surface area (Å²) >= 11 is 1.47. The Morgan fingerprint density at radius 2 is 1.88 bits per heavy atom. The lowest BCUT2D eigenvalue weighted by Gasteiger charge is -2.32. The maximum atomic E-state index is 13.1. The Hall–Kier alpha value is -2.61. The molecule has 2 aromatic rings. The summed E-state index contributed by atoms with van der Waals surface area (Å²) in [7, 11) is 0. The average molecular weight is 460 g/mol. The smallest absolute Gasteiger partial charge is 0.407 e. The minimum atomic E-state index is -0.518. The van der Waals surface area contributed by atoms with Crippen LogP contribution in [0.3, 0.4) is 0 Å². The number of likely N-dealkylation sites (tertiary alicyclic amines) is 1. The first-order chi connectivity index (χ1) is 15.2. The van der Waals surface area contributed by atoms with Crippen LogP contribution in [0, 0.1) is 11.7 Å². The van der Waals surface area contributed by atoms with Gasteiger partial charge in [-0.05, 0) is 69.4 Å². The normalized spacial score (nSPS) is 14.8. The summed E-state index contributed by atoms with van der Waals surface area (Å²) in [6.07, 6.45) is 2.91. The van der Waals surface area contributed by atoms with Gasteiger partial charge in [-0.25, -0.2) is 14.2 Å². The zero-order chi connectivity index (χ0) is 23.1. The van der Waals surface area contributed by atoms with Gasteiger partial charge in [-0.3, -0.25) is 4.79 Å². The minimum absolute atomic E-state index is 0.0294. The molecule has 0 spiro atoms. The lowest BCUT2D eigenvalue weighted by molar-refractivity contribution is 0.0500. The number of piperidine rings is 1. The molecule has 0 aliphatic carbocycles. The van der Waals surface area contributed by atoms with Crippen molar-refractivity contribution in [2.45, 2.75) is 50.0 Å². The molecule has 6 nitrogen and oxygen atoms in total. The first-order valence-electron chi connectivity index (χ1n) is 10.8. The van der Waals surface area contributed by atoms with E-state index in [9.17, 15) is 14.0 Å². The van der Waals surface area contributed by atoms with Gasteiger partial charge < -0.3 is 15.0 Å². The Bertz CT molecular complexity index is 923. The Morgan fingerprint density at radius 3 is 2.53 bits per heavy atom. The van der Waals surface area contributed by atoms with Gasteiger partial charge in [-0.1, -0.05) is 12.1 Å². The van der Waals surface area contributed by atoms with Crippen molar-refractivity contribution in [2.75, 3.05) is 19.6 Å². The monoisotopic (exact) mass is 459 g/mol. The molecule has 1 fully saturated rings. The fraction of sp³-hybridized carbons (Fsp3) is 0.458. The maximum Gasteiger partial charge on any atom is 0.407 e. The number of carbonyl (C=O) groups excluding carboxylic acids is 2. The van der Waals surface area contributed by atoms with Crippen molar-refractivity contribution in [3.05, 3.63) is 59.5 Å². The third kappa shape index (κ3) is 7.22. The summed E-state index contributed by atoms with van der Waals surface area (Å²) in [4.78, 5) is 31.2. The van der Waals surface area contributed by atoms with Crippen LogP contribution in [0.2, 0.25) is 0 Å². The van der Waals surface area contributed by atoms with Gasteiger partial charge in [0.25, 0.3) is 5.91 Å². The second kappa shape index (κ2) is 10.8.